The molecular formula is C36H54O. The largest absolute Gasteiger partial charge is 0.377 e. The Hall–Kier alpha value is -1.86. The van der Waals surface area contributed by atoms with Crippen LogP contribution in [0.4, 0.5) is 0 Å². The van der Waals surface area contributed by atoms with Crippen molar-refractivity contribution in [3.05, 3.63) is 82.9 Å². The molecule has 204 valence electrons. The van der Waals surface area contributed by atoms with Crippen molar-refractivity contribution < 1.29 is 4.74 Å². The van der Waals surface area contributed by atoms with Crippen molar-refractivity contribution in [2.75, 3.05) is 6.61 Å². The first kappa shape index (κ1) is 29.7. The van der Waals surface area contributed by atoms with E-state index >= 15 is 0 Å². The molecule has 0 aliphatic heterocycles. The van der Waals surface area contributed by atoms with E-state index in [0.717, 1.165) is 25.0 Å². The molecule has 2 aromatic rings. The van der Waals surface area contributed by atoms with E-state index < -0.39 is 0 Å². The molecule has 0 saturated heterocycles. The molecule has 1 nitrogen and oxygen atoms in total. The van der Waals surface area contributed by atoms with E-state index in [1.54, 1.807) is 0 Å². The zero-order valence-corrected chi connectivity index (χ0v) is 24.1. The molecule has 1 aliphatic rings. The predicted octanol–water partition coefficient (Wildman–Crippen LogP) is 10.4. The van der Waals surface area contributed by atoms with E-state index in [1.807, 2.05) is 0 Å². The maximum absolute atomic E-state index is 5.78. The summed E-state index contributed by atoms with van der Waals surface area (Å²) in [6.07, 6.45) is 25.8. The number of hydrogen-bond donors (Lipinski definition) is 0. The minimum Gasteiger partial charge on any atom is -0.377 e. The quantitative estimate of drug-likeness (QED) is 0.145. The van der Waals surface area contributed by atoms with Gasteiger partial charge in [0.1, 0.15) is 0 Å². The second-order valence-electron chi connectivity index (χ2n) is 11.5. The summed E-state index contributed by atoms with van der Waals surface area (Å²) < 4.78 is 5.78. The number of unbranched alkanes of at least 4 members (excludes halogenated alkanes) is 4. The Kier molecular flexibility index (Phi) is 14.8. The van der Waals surface area contributed by atoms with Crippen LogP contribution in [0.3, 0.4) is 0 Å². The van der Waals surface area contributed by atoms with Gasteiger partial charge in [-0.3, -0.25) is 0 Å². The topological polar surface area (TPSA) is 9.23 Å². The average molecular weight is 503 g/mol. The number of benzene rings is 2. The Morgan fingerprint density at radius 3 is 1.73 bits per heavy atom. The standard InChI is InChI=1S/C36H54O/c1-3-5-11-29-37-30-36-27-25-35(26-28-36)16-10-9-15-34-23-21-33(22-24-34)14-8-7-13-32-19-17-31(18-20-32)12-6-4-2/h6,12,21-28,31-32H,3-5,7-11,13-20,29-30H2,1-2H3/b12-6+/t31-,32-. The van der Waals surface area contributed by atoms with Crippen molar-refractivity contribution in [1.82, 2.24) is 0 Å². The van der Waals surface area contributed by atoms with Gasteiger partial charge in [0.05, 0.1) is 6.61 Å². The van der Waals surface area contributed by atoms with E-state index in [1.165, 1.54) is 125 Å². The minimum atomic E-state index is 0.748. The van der Waals surface area contributed by atoms with Gasteiger partial charge in [-0.1, -0.05) is 100 Å². The summed E-state index contributed by atoms with van der Waals surface area (Å²) in [6.45, 7) is 6.10. The summed E-state index contributed by atoms with van der Waals surface area (Å²) in [6, 6.07) is 18.6. The van der Waals surface area contributed by atoms with Gasteiger partial charge in [0, 0.05) is 6.61 Å². The molecule has 0 bridgehead atoms. The lowest BCUT2D eigenvalue weighted by Gasteiger charge is -2.26. The molecule has 37 heavy (non-hydrogen) atoms. The number of aryl methyl sites for hydroxylation is 3. The summed E-state index contributed by atoms with van der Waals surface area (Å²) in [7, 11) is 0. The van der Waals surface area contributed by atoms with Crippen LogP contribution in [0.25, 0.3) is 0 Å². The van der Waals surface area contributed by atoms with Crippen LogP contribution in [0.2, 0.25) is 0 Å². The highest BCUT2D eigenvalue weighted by Crippen LogP contribution is 2.32. The molecule has 3 rings (SSSR count). The summed E-state index contributed by atoms with van der Waals surface area (Å²) in [5.74, 6) is 1.85. The maximum Gasteiger partial charge on any atom is 0.0716 e. The van der Waals surface area contributed by atoms with E-state index in [-0.39, 0.29) is 0 Å². The highest BCUT2D eigenvalue weighted by molar-refractivity contribution is 5.23. The van der Waals surface area contributed by atoms with Gasteiger partial charge in [0.15, 0.2) is 0 Å². The second-order valence-corrected chi connectivity index (χ2v) is 11.5. The van der Waals surface area contributed by atoms with Gasteiger partial charge in [-0.2, -0.15) is 0 Å². The van der Waals surface area contributed by atoms with E-state index in [0.29, 0.717) is 0 Å². The fourth-order valence-electron chi connectivity index (χ4n) is 5.74. The number of ether oxygens (including phenoxy) is 1. The minimum absolute atomic E-state index is 0.748. The molecule has 0 atom stereocenters. The van der Waals surface area contributed by atoms with Crippen LogP contribution in [0.1, 0.15) is 120 Å². The number of rotatable bonds is 18. The molecule has 1 heteroatoms. The molecule has 2 aromatic carbocycles. The SMILES string of the molecule is CC/C=C/[C@H]1CC[C@H](CCCCc2ccc(CCCCc3ccc(COCCCCC)cc3)cc2)CC1. The molecule has 0 spiro atoms. The van der Waals surface area contributed by atoms with E-state index in [9.17, 15) is 0 Å². The first-order valence-electron chi connectivity index (χ1n) is 15.7. The van der Waals surface area contributed by atoms with Crippen molar-refractivity contribution in [3.8, 4) is 0 Å². The summed E-state index contributed by atoms with van der Waals surface area (Å²) in [5.41, 5.74) is 5.76. The van der Waals surface area contributed by atoms with Crippen LogP contribution in [0, 0.1) is 11.8 Å². The Labute approximate surface area is 229 Å². The first-order valence-corrected chi connectivity index (χ1v) is 15.7. The van der Waals surface area contributed by atoms with Crippen LogP contribution in [0.5, 0.6) is 0 Å². The molecule has 0 aromatic heterocycles. The zero-order valence-electron chi connectivity index (χ0n) is 24.1. The zero-order chi connectivity index (χ0) is 26.0. The second kappa shape index (κ2) is 18.4. The van der Waals surface area contributed by atoms with Crippen molar-refractivity contribution in [1.29, 1.82) is 0 Å². The third-order valence-electron chi connectivity index (χ3n) is 8.25. The maximum atomic E-state index is 5.78. The van der Waals surface area contributed by atoms with Crippen LogP contribution in [-0.2, 0) is 30.6 Å². The molecule has 0 N–H and O–H groups in total. The molecule has 0 radical (unpaired) electrons. The average Bonchev–Trinajstić information content (AvgIpc) is 2.94. The molecular weight excluding hydrogens is 448 g/mol. The lowest BCUT2D eigenvalue weighted by atomic mass is 9.79. The molecule has 0 unspecified atom stereocenters. The number of hydrogen-bond acceptors (Lipinski definition) is 1. The lowest BCUT2D eigenvalue weighted by molar-refractivity contribution is 0.117. The first-order chi connectivity index (χ1) is 18.3. The molecule has 1 aliphatic carbocycles. The van der Waals surface area contributed by atoms with Gasteiger partial charge in [0.25, 0.3) is 0 Å². The van der Waals surface area contributed by atoms with Gasteiger partial charge in [-0.05, 0) is 111 Å². The fourth-order valence-corrected chi connectivity index (χ4v) is 5.74. The Bertz CT molecular complexity index is 839. The van der Waals surface area contributed by atoms with Gasteiger partial charge < -0.3 is 4.74 Å². The van der Waals surface area contributed by atoms with Crippen molar-refractivity contribution in [2.24, 2.45) is 11.8 Å². The third-order valence-corrected chi connectivity index (χ3v) is 8.25. The summed E-state index contributed by atoms with van der Waals surface area (Å²) in [4.78, 5) is 0. The molecule has 0 amide bonds. The monoisotopic (exact) mass is 502 g/mol. The fraction of sp³-hybridized carbons (Fsp3) is 0.611. The van der Waals surface area contributed by atoms with Crippen molar-refractivity contribution in [3.63, 3.8) is 0 Å². The van der Waals surface area contributed by atoms with Crippen molar-refractivity contribution >= 4 is 0 Å². The Morgan fingerprint density at radius 1 is 0.649 bits per heavy atom. The van der Waals surface area contributed by atoms with Crippen LogP contribution < -0.4 is 0 Å². The van der Waals surface area contributed by atoms with Crippen molar-refractivity contribution in [2.45, 2.75) is 123 Å². The third kappa shape index (κ3) is 12.5. The van der Waals surface area contributed by atoms with Crippen LogP contribution in [0.15, 0.2) is 60.7 Å². The van der Waals surface area contributed by atoms with Crippen LogP contribution >= 0.6 is 0 Å². The van der Waals surface area contributed by atoms with Gasteiger partial charge in [-0.25, -0.2) is 0 Å². The predicted molar refractivity (Wildman–Crippen MR) is 161 cm³/mol. The lowest BCUT2D eigenvalue weighted by Crippen LogP contribution is -2.13. The summed E-state index contributed by atoms with van der Waals surface area (Å²) in [5, 5.41) is 0. The molecule has 0 heterocycles. The van der Waals surface area contributed by atoms with Gasteiger partial charge in [-0.15, -0.1) is 0 Å². The van der Waals surface area contributed by atoms with Crippen LogP contribution in [-0.4, -0.2) is 6.61 Å². The summed E-state index contributed by atoms with van der Waals surface area (Å²) >= 11 is 0. The normalized spacial score (nSPS) is 18.0. The number of allylic oxidation sites excluding steroid dienone is 2. The molecule has 1 saturated carbocycles. The van der Waals surface area contributed by atoms with E-state index in [4.69, 9.17) is 4.74 Å². The highest BCUT2D eigenvalue weighted by atomic mass is 16.5. The smallest absolute Gasteiger partial charge is 0.0716 e. The van der Waals surface area contributed by atoms with Gasteiger partial charge >= 0.3 is 0 Å². The highest BCUT2D eigenvalue weighted by Gasteiger charge is 2.18. The van der Waals surface area contributed by atoms with Gasteiger partial charge in [0.2, 0.25) is 0 Å². The Morgan fingerprint density at radius 2 is 1.19 bits per heavy atom. The van der Waals surface area contributed by atoms with E-state index in [2.05, 4.69) is 74.5 Å². The molecule has 1 fully saturated rings. The Balaban J connectivity index is 1.22.